The Hall–Kier alpha value is -0.890. The van der Waals surface area contributed by atoms with Crippen LogP contribution in [0.3, 0.4) is 0 Å². The van der Waals surface area contributed by atoms with Gasteiger partial charge in [0, 0.05) is 25.2 Å². The molecule has 0 bridgehead atoms. The highest BCUT2D eigenvalue weighted by Gasteiger charge is 2.54. The molecule has 23 nitrogen and oxygen atoms in total. The zero-order valence-corrected chi connectivity index (χ0v) is 25.8. The van der Waals surface area contributed by atoms with Gasteiger partial charge in [0.2, 0.25) is 0 Å². The van der Waals surface area contributed by atoms with E-state index in [0.29, 0.717) is 0 Å². The van der Waals surface area contributed by atoms with Crippen molar-refractivity contribution in [3.05, 3.63) is 0 Å². The Labute approximate surface area is 269 Å². The lowest BCUT2D eigenvalue weighted by atomic mass is 9.84. The van der Waals surface area contributed by atoms with Gasteiger partial charge in [-0.05, 0) is 6.42 Å². The van der Waals surface area contributed by atoms with E-state index in [1.165, 1.54) is 0 Å². The zero-order valence-electron chi connectivity index (χ0n) is 25.0. The zero-order chi connectivity index (χ0) is 35.5. The molecule has 0 radical (unpaired) electrons. The van der Waals surface area contributed by atoms with Gasteiger partial charge in [-0.2, -0.15) is 8.42 Å². The molecule has 21 N–H and O–H groups in total. The number of hydrogen-bond acceptors (Lipinski definition) is 21. The van der Waals surface area contributed by atoms with Crippen LogP contribution in [0.5, 0.6) is 0 Å². The van der Waals surface area contributed by atoms with Gasteiger partial charge < -0.3 is 98.6 Å². The van der Waals surface area contributed by atoms with Gasteiger partial charge in [0.1, 0.15) is 67.1 Å². The summed E-state index contributed by atoms with van der Waals surface area (Å²) in [6, 6.07) is -4.18. The molecule has 11 unspecified atom stereocenters. The van der Waals surface area contributed by atoms with Gasteiger partial charge >= 0.3 is 10.4 Å². The SMILES string of the molecule is NCC1OC(O[C@H]2[C@H](OC3O[C@H](CO)[C@@H](OC4O[C@@H](CN)[C@@H](O)C(O)C4N)C3O)C(O)C(N)C[C@@H]2N)C(N)C(O)[C@@H]1O.O=S(=O)(O)O. The van der Waals surface area contributed by atoms with Crippen LogP contribution in [-0.2, 0) is 38.8 Å². The van der Waals surface area contributed by atoms with E-state index in [1.54, 1.807) is 0 Å². The first-order valence-corrected chi connectivity index (χ1v) is 16.0. The van der Waals surface area contributed by atoms with Crippen LogP contribution >= 0.6 is 0 Å². The highest BCUT2D eigenvalue weighted by Crippen LogP contribution is 2.34. The average Bonchev–Trinajstić information content (AvgIpc) is 3.30. The largest absolute Gasteiger partial charge is 0.394 e. The highest BCUT2D eigenvalue weighted by atomic mass is 32.3. The summed E-state index contributed by atoms with van der Waals surface area (Å²) in [5, 5.41) is 73.0. The molecule has 47 heavy (non-hydrogen) atoms. The molecule has 1 saturated carbocycles. The van der Waals surface area contributed by atoms with Crippen molar-refractivity contribution >= 4 is 10.4 Å². The molecule has 3 saturated heterocycles. The molecule has 0 spiro atoms. The van der Waals surface area contributed by atoms with Crippen molar-refractivity contribution in [3.8, 4) is 0 Å². The van der Waals surface area contributed by atoms with E-state index in [4.69, 9.17) is 80.3 Å². The van der Waals surface area contributed by atoms with Gasteiger partial charge in [-0.15, -0.1) is 0 Å². The lowest BCUT2D eigenvalue weighted by Gasteiger charge is -2.47. The van der Waals surface area contributed by atoms with Crippen molar-refractivity contribution in [2.24, 2.45) is 34.4 Å². The van der Waals surface area contributed by atoms with Gasteiger partial charge in [0.15, 0.2) is 18.9 Å². The van der Waals surface area contributed by atoms with Crippen LogP contribution in [0, 0.1) is 0 Å². The first kappa shape index (κ1) is 40.5. The molecule has 3 heterocycles. The summed E-state index contributed by atoms with van der Waals surface area (Å²) >= 11 is 0. The predicted molar refractivity (Wildman–Crippen MR) is 153 cm³/mol. The van der Waals surface area contributed by atoms with Gasteiger partial charge in [-0.1, -0.05) is 0 Å². The molecule has 0 amide bonds. The topological polar surface area (TPSA) is 428 Å². The number of aliphatic hydroxyl groups excluding tert-OH is 7. The van der Waals surface area contributed by atoms with Gasteiger partial charge in [-0.3, -0.25) is 9.11 Å². The van der Waals surface area contributed by atoms with Crippen molar-refractivity contribution < 1.29 is 81.7 Å². The van der Waals surface area contributed by atoms with Crippen LogP contribution in [0.2, 0.25) is 0 Å². The lowest BCUT2D eigenvalue weighted by molar-refractivity contribution is -0.306. The van der Waals surface area contributed by atoms with E-state index < -0.39 is 133 Å². The number of ether oxygens (including phenoxy) is 6. The van der Waals surface area contributed by atoms with E-state index in [0.717, 1.165) is 0 Å². The maximum absolute atomic E-state index is 11.1. The Morgan fingerprint density at radius 3 is 1.40 bits per heavy atom. The van der Waals surface area contributed by atoms with Crippen LogP contribution in [0.15, 0.2) is 0 Å². The third kappa shape index (κ3) is 9.67. The van der Waals surface area contributed by atoms with Crippen molar-refractivity contribution in [1.82, 2.24) is 0 Å². The quantitative estimate of drug-likeness (QED) is 0.0986. The average molecular weight is 713 g/mol. The molecule has 4 aliphatic rings. The van der Waals surface area contributed by atoms with Crippen LogP contribution in [-0.4, -0.2) is 189 Å². The minimum absolute atomic E-state index is 0.0889. The molecule has 3 aliphatic heterocycles. The van der Waals surface area contributed by atoms with Crippen molar-refractivity contribution in [2.75, 3.05) is 19.7 Å². The van der Waals surface area contributed by atoms with Crippen LogP contribution in [0.1, 0.15) is 6.42 Å². The Bertz CT molecular complexity index is 1080. The summed E-state index contributed by atoms with van der Waals surface area (Å²) in [4.78, 5) is 0. The van der Waals surface area contributed by atoms with Gasteiger partial charge in [-0.25, -0.2) is 0 Å². The summed E-state index contributed by atoms with van der Waals surface area (Å²) in [7, 11) is -4.67. The minimum atomic E-state index is -4.67. The van der Waals surface area contributed by atoms with Crippen molar-refractivity contribution in [2.45, 2.75) is 123 Å². The number of aliphatic hydroxyl groups is 7. The Morgan fingerprint density at radius 2 is 0.979 bits per heavy atom. The van der Waals surface area contributed by atoms with Crippen LogP contribution in [0.4, 0.5) is 0 Å². The summed E-state index contributed by atoms with van der Waals surface area (Å²) < 4.78 is 66.2. The summed E-state index contributed by atoms with van der Waals surface area (Å²) in [5.74, 6) is 0. The first-order valence-electron chi connectivity index (χ1n) is 14.6. The summed E-state index contributed by atoms with van der Waals surface area (Å²) in [6.07, 6.45) is -19.8. The fourth-order valence-corrected chi connectivity index (χ4v) is 5.74. The second kappa shape index (κ2) is 16.9. The number of hydrogen-bond donors (Lipinski definition) is 15. The minimum Gasteiger partial charge on any atom is -0.394 e. The second-order valence-corrected chi connectivity index (χ2v) is 12.6. The molecule has 1 aliphatic carbocycles. The standard InChI is InChI=1S/C23H46N6O13.H2O4S/c24-2-7-13(32)15(34)10(28)21(37-7)40-18-6(27)1-5(26)12(31)20(18)42-23-17(36)19(9(4-30)39-23)41-22-11(29)16(35)14(33)8(3-25)38-22;1-5(2,3)4/h5-23,30-36H,1-4,24-29H2;(H2,1,2,3,4)/t5?,6-,7?,8-,9+,10?,11?,12?,13+,14+,15?,16?,17?,18+,19+,20+,21?,22?,23?;/m0./s1. The Kier molecular flexibility index (Phi) is 14.6. The van der Waals surface area contributed by atoms with E-state index in [9.17, 15) is 35.7 Å². The molecule has 4 rings (SSSR count). The molecule has 0 aromatic carbocycles. The fourth-order valence-electron chi connectivity index (χ4n) is 5.74. The monoisotopic (exact) mass is 712 g/mol. The van der Waals surface area contributed by atoms with Crippen molar-refractivity contribution in [1.29, 1.82) is 0 Å². The molecule has 278 valence electrons. The smallest absolute Gasteiger partial charge is 0.394 e. The molecule has 0 aromatic rings. The second-order valence-electron chi connectivity index (χ2n) is 11.7. The first-order chi connectivity index (χ1) is 21.8. The molecule has 4 fully saturated rings. The number of nitrogens with two attached hydrogens (primary N) is 6. The third-order valence-corrected chi connectivity index (χ3v) is 8.37. The highest BCUT2D eigenvalue weighted by molar-refractivity contribution is 7.79. The maximum atomic E-state index is 11.1. The maximum Gasteiger partial charge on any atom is 0.394 e. The van der Waals surface area contributed by atoms with Crippen molar-refractivity contribution in [3.63, 3.8) is 0 Å². The molecular formula is C23H48N6O17S. The predicted octanol–water partition coefficient (Wildman–Crippen LogP) is -9.55. The fraction of sp³-hybridized carbons (Fsp3) is 1.00. The third-order valence-electron chi connectivity index (χ3n) is 8.37. The van der Waals surface area contributed by atoms with Gasteiger partial charge in [0.05, 0.1) is 24.8 Å². The summed E-state index contributed by atoms with van der Waals surface area (Å²) in [6.45, 7) is -0.967. The molecule has 0 aromatic heterocycles. The van der Waals surface area contributed by atoms with Gasteiger partial charge in [0.25, 0.3) is 0 Å². The van der Waals surface area contributed by atoms with Crippen LogP contribution < -0.4 is 34.4 Å². The van der Waals surface area contributed by atoms with E-state index in [1.807, 2.05) is 0 Å². The summed E-state index contributed by atoms with van der Waals surface area (Å²) in [5.41, 5.74) is 35.6. The van der Waals surface area contributed by atoms with E-state index in [2.05, 4.69) is 0 Å². The van der Waals surface area contributed by atoms with E-state index >= 15 is 0 Å². The Morgan fingerprint density at radius 1 is 0.574 bits per heavy atom. The Balaban J connectivity index is 0.00000111. The number of rotatable bonds is 9. The van der Waals surface area contributed by atoms with Crippen LogP contribution in [0.25, 0.3) is 0 Å². The lowest BCUT2D eigenvalue weighted by Crippen LogP contribution is -2.68. The molecular weight excluding hydrogens is 664 g/mol. The normalized spacial score (nSPS) is 49.3. The molecule has 24 heteroatoms. The van der Waals surface area contributed by atoms with E-state index in [-0.39, 0.29) is 19.5 Å². The molecule has 19 atom stereocenters.